The van der Waals surface area contributed by atoms with Crippen molar-refractivity contribution in [1.82, 2.24) is 10.0 Å². The molecule has 0 bridgehead atoms. The number of carbonyl (C=O) groups excluding carboxylic acids is 1. The van der Waals surface area contributed by atoms with Gasteiger partial charge in [0.05, 0.1) is 18.1 Å². The predicted molar refractivity (Wildman–Crippen MR) is 110 cm³/mol. The Morgan fingerprint density at radius 2 is 1.79 bits per heavy atom. The number of amides is 1. The van der Waals surface area contributed by atoms with Crippen LogP contribution in [0, 0.1) is 6.92 Å². The first-order valence-electron chi connectivity index (χ1n) is 9.66. The molecule has 2 aromatic rings. The van der Waals surface area contributed by atoms with Gasteiger partial charge in [0.15, 0.2) is 11.5 Å². The van der Waals surface area contributed by atoms with Crippen LogP contribution in [-0.4, -0.2) is 40.6 Å². The molecule has 1 heterocycles. The summed E-state index contributed by atoms with van der Waals surface area (Å²) in [6, 6.07) is 12.5. The van der Waals surface area contributed by atoms with Crippen LogP contribution in [0.25, 0.3) is 0 Å². The smallest absolute Gasteiger partial charge is 0.240 e. The third-order valence-corrected chi connectivity index (χ3v) is 6.11. The van der Waals surface area contributed by atoms with Gasteiger partial charge in [0, 0.05) is 32.0 Å². The second-order valence-corrected chi connectivity index (χ2v) is 8.60. The zero-order valence-corrected chi connectivity index (χ0v) is 17.3. The van der Waals surface area contributed by atoms with Gasteiger partial charge in [-0.15, -0.1) is 0 Å². The van der Waals surface area contributed by atoms with Crippen molar-refractivity contribution in [2.75, 3.05) is 26.3 Å². The van der Waals surface area contributed by atoms with E-state index < -0.39 is 10.0 Å². The molecule has 1 aliphatic rings. The lowest BCUT2D eigenvalue weighted by molar-refractivity contribution is -0.120. The molecule has 0 unspecified atom stereocenters. The summed E-state index contributed by atoms with van der Waals surface area (Å²) in [6.07, 6.45) is 1.55. The molecule has 0 aromatic heterocycles. The van der Waals surface area contributed by atoms with Gasteiger partial charge in [-0.05, 0) is 36.6 Å². The van der Waals surface area contributed by atoms with Crippen molar-refractivity contribution in [1.29, 1.82) is 0 Å². The van der Waals surface area contributed by atoms with E-state index in [0.717, 1.165) is 12.8 Å². The molecule has 29 heavy (non-hydrogen) atoms. The Bertz CT molecular complexity index is 959. The number of fused-ring (bicyclic) bond motifs is 1. The molecule has 0 saturated carbocycles. The first-order chi connectivity index (χ1) is 14.0. The van der Waals surface area contributed by atoms with Gasteiger partial charge >= 0.3 is 0 Å². The minimum Gasteiger partial charge on any atom is -0.490 e. The van der Waals surface area contributed by atoms with E-state index in [1.54, 1.807) is 6.07 Å². The summed E-state index contributed by atoms with van der Waals surface area (Å²) < 4.78 is 38.5. The highest BCUT2D eigenvalue weighted by Crippen LogP contribution is 2.31. The molecule has 0 saturated heterocycles. The van der Waals surface area contributed by atoms with E-state index in [9.17, 15) is 13.2 Å². The van der Waals surface area contributed by atoms with Crippen LogP contribution < -0.4 is 19.5 Å². The van der Waals surface area contributed by atoms with Crippen molar-refractivity contribution in [2.24, 2.45) is 0 Å². The predicted octanol–water partition coefficient (Wildman–Crippen LogP) is 2.18. The molecule has 156 valence electrons. The molecule has 2 N–H and O–H groups in total. The van der Waals surface area contributed by atoms with Crippen molar-refractivity contribution in [2.45, 2.75) is 31.1 Å². The van der Waals surface area contributed by atoms with Crippen LogP contribution in [0.4, 0.5) is 0 Å². The number of ether oxygens (including phenoxy) is 2. The molecule has 7 nitrogen and oxygen atoms in total. The van der Waals surface area contributed by atoms with Gasteiger partial charge in [-0.3, -0.25) is 4.79 Å². The number of hydrogen-bond acceptors (Lipinski definition) is 5. The van der Waals surface area contributed by atoms with E-state index in [1.165, 1.54) is 23.3 Å². The number of benzene rings is 2. The standard InChI is InChI=1S/C21H26N2O5S/c1-16-5-2-3-6-17(16)9-11-22-21(24)10-12-23-29(25,26)18-7-8-19-20(15-18)28-14-4-13-27-19/h2-3,5-8,15,23H,4,9-14H2,1H3,(H,22,24). The van der Waals surface area contributed by atoms with Gasteiger partial charge in [0.1, 0.15) is 0 Å². The van der Waals surface area contributed by atoms with Gasteiger partial charge in [-0.1, -0.05) is 24.3 Å². The fourth-order valence-electron chi connectivity index (χ4n) is 3.01. The normalized spacial score (nSPS) is 13.6. The van der Waals surface area contributed by atoms with Crippen molar-refractivity contribution in [3.8, 4) is 11.5 Å². The highest BCUT2D eigenvalue weighted by molar-refractivity contribution is 7.89. The maximum Gasteiger partial charge on any atom is 0.240 e. The van der Waals surface area contributed by atoms with Crippen molar-refractivity contribution in [3.63, 3.8) is 0 Å². The third kappa shape index (κ3) is 5.95. The fraction of sp³-hybridized carbons (Fsp3) is 0.381. The topological polar surface area (TPSA) is 93.7 Å². The molecule has 3 rings (SSSR count). The van der Waals surface area contributed by atoms with Crippen LogP contribution in [-0.2, 0) is 21.2 Å². The summed E-state index contributed by atoms with van der Waals surface area (Å²) in [5.74, 6) is 0.758. The summed E-state index contributed by atoms with van der Waals surface area (Å²) >= 11 is 0. The Morgan fingerprint density at radius 1 is 1.03 bits per heavy atom. The minimum absolute atomic E-state index is 0.0208. The first-order valence-corrected chi connectivity index (χ1v) is 11.1. The van der Waals surface area contributed by atoms with Crippen LogP contribution >= 0.6 is 0 Å². The lowest BCUT2D eigenvalue weighted by atomic mass is 10.1. The lowest BCUT2D eigenvalue weighted by Crippen LogP contribution is -2.31. The summed E-state index contributed by atoms with van der Waals surface area (Å²) in [5.41, 5.74) is 2.37. The van der Waals surface area contributed by atoms with Crippen LogP contribution in [0.1, 0.15) is 24.0 Å². The molecule has 8 heteroatoms. The van der Waals surface area contributed by atoms with Gasteiger partial charge in [0.2, 0.25) is 15.9 Å². The Morgan fingerprint density at radius 3 is 2.59 bits per heavy atom. The molecule has 0 radical (unpaired) electrons. The average Bonchev–Trinajstić information content (AvgIpc) is 2.94. The fourth-order valence-corrected chi connectivity index (χ4v) is 4.06. The molecule has 0 fully saturated rings. The highest BCUT2D eigenvalue weighted by atomic mass is 32.2. The summed E-state index contributed by atoms with van der Waals surface area (Å²) in [4.78, 5) is 12.1. The zero-order valence-electron chi connectivity index (χ0n) is 16.4. The quantitative estimate of drug-likeness (QED) is 0.685. The maximum atomic E-state index is 12.5. The van der Waals surface area contributed by atoms with Gasteiger partial charge in [-0.2, -0.15) is 0 Å². The third-order valence-electron chi connectivity index (χ3n) is 4.65. The molecule has 0 spiro atoms. The molecule has 0 atom stereocenters. The van der Waals surface area contributed by atoms with E-state index in [1.807, 2.05) is 31.2 Å². The van der Waals surface area contributed by atoms with E-state index in [-0.39, 0.29) is 23.8 Å². The number of sulfonamides is 1. The van der Waals surface area contributed by atoms with Crippen LogP contribution in [0.3, 0.4) is 0 Å². The zero-order chi connectivity index (χ0) is 20.7. The van der Waals surface area contributed by atoms with E-state index >= 15 is 0 Å². The first kappa shape index (κ1) is 21.1. The van der Waals surface area contributed by atoms with E-state index in [0.29, 0.717) is 31.3 Å². The van der Waals surface area contributed by atoms with Gasteiger partial charge in [-0.25, -0.2) is 13.1 Å². The Labute approximate surface area is 171 Å². The SMILES string of the molecule is Cc1ccccc1CCNC(=O)CCNS(=O)(=O)c1ccc2c(c1)OCCCO2. The molecular formula is C21H26N2O5S. The molecule has 1 aliphatic heterocycles. The monoisotopic (exact) mass is 418 g/mol. The molecule has 1 amide bonds. The number of rotatable bonds is 8. The lowest BCUT2D eigenvalue weighted by Gasteiger charge is -2.11. The Hall–Kier alpha value is -2.58. The van der Waals surface area contributed by atoms with Crippen LogP contribution in [0.5, 0.6) is 11.5 Å². The van der Waals surface area contributed by atoms with Crippen molar-refractivity contribution >= 4 is 15.9 Å². The van der Waals surface area contributed by atoms with Crippen molar-refractivity contribution < 1.29 is 22.7 Å². The van der Waals surface area contributed by atoms with Crippen LogP contribution in [0.15, 0.2) is 47.4 Å². The maximum absolute atomic E-state index is 12.5. The van der Waals surface area contributed by atoms with Gasteiger partial charge < -0.3 is 14.8 Å². The second-order valence-electron chi connectivity index (χ2n) is 6.83. The van der Waals surface area contributed by atoms with E-state index in [4.69, 9.17) is 9.47 Å². The summed E-state index contributed by atoms with van der Waals surface area (Å²) in [6.45, 7) is 3.58. The Kier molecular flexibility index (Phi) is 7.11. The van der Waals surface area contributed by atoms with Crippen LogP contribution in [0.2, 0.25) is 0 Å². The second kappa shape index (κ2) is 9.76. The minimum atomic E-state index is -3.74. The average molecular weight is 419 g/mol. The van der Waals surface area contributed by atoms with Gasteiger partial charge in [0.25, 0.3) is 0 Å². The summed E-state index contributed by atoms with van der Waals surface area (Å²) in [5, 5.41) is 2.82. The Balaban J connectivity index is 1.46. The number of hydrogen-bond donors (Lipinski definition) is 2. The summed E-state index contributed by atoms with van der Waals surface area (Å²) in [7, 11) is -3.74. The van der Waals surface area contributed by atoms with Crippen molar-refractivity contribution in [3.05, 3.63) is 53.6 Å². The largest absolute Gasteiger partial charge is 0.490 e. The number of nitrogens with one attached hydrogen (secondary N) is 2. The highest BCUT2D eigenvalue weighted by Gasteiger charge is 2.18. The molecule has 0 aliphatic carbocycles. The number of aryl methyl sites for hydroxylation is 1. The number of carbonyl (C=O) groups is 1. The van der Waals surface area contributed by atoms with E-state index in [2.05, 4.69) is 10.0 Å². The molecule has 2 aromatic carbocycles. The molecular weight excluding hydrogens is 392 g/mol.